The normalized spacial score (nSPS) is 14.2. The zero-order valence-electron chi connectivity index (χ0n) is 22.8. The van der Waals surface area contributed by atoms with Gasteiger partial charge in [0.2, 0.25) is 0 Å². The maximum atomic E-state index is 6.36. The molecule has 1 heterocycles. The first-order chi connectivity index (χ1) is 20.4. The molecule has 0 saturated heterocycles. The molecule has 0 atom stereocenters. The molecule has 2 aliphatic carbocycles. The highest BCUT2D eigenvalue weighted by atomic mass is 16.3. The summed E-state index contributed by atoms with van der Waals surface area (Å²) in [5, 5.41) is 7.69. The van der Waals surface area contributed by atoms with Gasteiger partial charge in [-0.15, -0.1) is 0 Å². The fourth-order valence-corrected chi connectivity index (χ4v) is 7.50. The topological polar surface area (TPSA) is 13.1 Å². The van der Waals surface area contributed by atoms with Crippen molar-refractivity contribution in [1.82, 2.24) is 0 Å². The number of furan rings is 1. The summed E-state index contributed by atoms with van der Waals surface area (Å²) in [5.74, 6) is 0. The van der Waals surface area contributed by atoms with Crippen LogP contribution in [0.1, 0.15) is 35.1 Å². The van der Waals surface area contributed by atoms with Crippen molar-refractivity contribution in [2.75, 3.05) is 0 Å². The highest BCUT2D eigenvalue weighted by molar-refractivity contribution is 6.17. The second-order valence-electron chi connectivity index (χ2n) is 11.4. The quantitative estimate of drug-likeness (QED) is 0.205. The standard InChI is InChI=1S/C40H28O/c1-2-13-26-25(12-1)24-35(28-15-4-3-14-27(26)28)39-31-18-7-5-16-29(31)38(30-17-6-8-19-32(30)39)34-21-11-23-37-40(34)33-20-9-10-22-36(33)41-37/h1-4,7-15,18-24H,5-6,16-17H2. The van der Waals surface area contributed by atoms with Crippen LogP contribution in [0.3, 0.4) is 0 Å². The molecule has 1 nitrogen and oxygen atoms in total. The van der Waals surface area contributed by atoms with Crippen molar-refractivity contribution in [3.05, 3.63) is 131 Å². The van der Waals surface area contributed by atoms with Crippen LogP contribution in [-0.2, 0) is 12.8 Å². The van der Waals surface area contributed by atoms with Crippen molar-refractivity contribution in [2.24, 2.45) is 0 Å². The van der Waals surface area contributed by atoms with Crippen LogP contribution in [0.25, 0.3) is 77.9 Å². The number of benzene rings is 6. The monoisotopic (exact) mass is 524 g/mol. The van der Waals surface area contributed by atoms with E-state index in [4.69, 9.17) is 4.42 Å². The second-order valence-corrected chi connectivity index (χ2v) is 11.4. The lowest BCUT2D eigenvalue weighted by atomic mass is 9.74. The number of fused-ring (bicyclic) bond motifs is 8. The van der Waals surface area contributed by atoms with Crippen LogP contribution in [0.15, 0.2) is 114 Å². The summed E-state index contributed by atoms with van der Waals surface area (Å²) in [5.41, 5.74) is 13.1. The van der Waals surface area contributed by atoms with Gasteiger partial charge in [-0.25, -0.2) is 0 Å². The van der Waals surface area contributed by atoms with Crippen LogP contribution in [-0.4, -0.2) is 0 Å². The minimum Gasteiger partial charge on any atom is -0.456 e. The Labute approximate surface area is 239 Å². The van der Waals surface area contributed by atoms with Gasteiger partial charge in [0.1, 0.15) is 11.2 Å². The molecule has 1 heteroatoms. The summed E-state index contributed by atoms with van der Waals surface area (Å²) >= 11 is 0. The Bertz CT molecular complexity index is 2210. The number of allylic oxidation sites excluding steroid dienone is 2. The molecule has 194 valence electrons. The van der Waals surface area contributed by atoms with Crippen molar-refractivity contribution >= 4 is 55.6 Å². The average molecular weight is 525 g/mol. The van der Waals surface area contributed by atoms with Gasteiger partial charge < -0.3 is 4.42 Å². The lowest BCUT2D eigenvalue weighted by Gasteiger charge is -2.29. The van der Waals surface area contributed by atoms with Crippen LogP contribution in [0, 0.1) is 0 Å². The van der Waals surface area contributed by atoms with E-state index in [0.29, 0.717) is 0 Å². The third-order valence-electron chi connectivity index (χ3n) is 9.19. The molecule has 0 amide bonds. The van der Waals surface area contributed by atoms with Gasteiger partial charge in [0.25, 0.3) is 0 Å². The molecule has 0 bridgehead atoms. The van der Waals surface area contributed by atoms with Crippen molar-refractivity contribution in [3.63, 3.8) is 0 Å². The Balaban J connectivity index is 1.45. The molecule has 0 spiro atoms. The van der Waals surface area contributed by atoms with E-state index in [9.17, 15) is 0 Å². The molecule has 2 aliphatic rings. The molecule has 6 aromatic carbocycles. The van der Waals surface area contributed by atoms with Crippen LogP contribution < -0.4 is 0 Å². The lowest BCUT2D eigenvalue weighted by Crippen LogP contribution is -2.09. The SMILES string of the molecule is C1=Cc2c(c(-c3cccc4oc5ccccc5c34)c3c(c2-c2cc4ccccc4c4ccccc24)C=CCC3)CC1. The summed E-state index contributed by atoms with van der Waals surface area (Å²) in [6.07, 6.45) is 13.8. The molecule has 0 saturated carbocycles. The predicted molar refractivity (Wildman–Crippen MR) is 174 cm³/mol. The maximum Gasteiger partial charge on any atom is 0.136 e. The fraction of sp³-hybridized carbons (Fsp3) is 0.100. The van der Waals surface area contributed by atoms with E-state index in [1.165, 1.54) is 76.8 Å². The van der Waals surface area contributed by atoms with Gasteiger partial charge in [-0.2, -0.15) is 0 Å². The Morgan fingerprint density at radius 2 is 1.12 bits per heavy atom. The van der Waals surface area contributed by atoms with E-state index in [2.05, 4.69) is 121 Å². The average Bonchev–Trinajstić information content (AvgIpc) is 3.42. The highest BCUT2D eigenvalue weighted by Crippen LogP contribution is 2.49. The molecule has 41 heavy (non-hydrogen) atoms. The summed E-state index contributed by atoms with van der Waals surface area (Å²) in [7, 11) is 0. The Morgan fingerprint density at radius 3 is 1.90 bits per heavy atom. The van der Waals surface area contributed by atoms with Crippen LogP contribution in [0.5, 0.6) is 0 Å². The van der Waals surface area contributed by atoms with Gasteiger partial charge >= 0.3 is 0 Å². The van der Waals surface area contributed by atoms with Crippen LogP contribution in [0.2, 0.25) is 0 Å². The fourth-order valence-electron chi connectivity index (χ4n) is 7.50. The highest BCUT2D eigenvalue weighted by Gasteiger charge is 2.28. The van der Waals surface area contributed by atoms with Gasteiger partial charge in [-0.05, 0) is 110 Å². The maximum absolute atomic E-state index is 6.36. The zero-order valence-corrected chi connectivity index (χ0v) is 22.8. The van der Waals surface area contributed by atoms with Crippen LogP contribution in [0.4, 0.5) is 0 Å². The van der Waals surface area contributed by atoms with E-state index in [1.807, 2.05) is 0 Å². The van der Waals surface area contributed by atoms with E-state index in [-0.39, 0.29) is 0 Å². The summed E-state index contributed by atoms with van der Waals surface area (Å²) < 4.78 is 6.36. The Morgan fingerprint density at radius 1 is 0.488 bits per heavy atom. The van der Waals surface area contributed by atoms with Crippen molar-refractivity contribution in [2.45, 2.75) is 25.7 Å². The Hall–Kier alpha value is -4.88. The molecular formula is C40H28O. The summed E-state index contributed by atoms with van der Waals surface area (Å²) in [6, 6.07) is 35.3. The predicted octanol–water partition coefficient (Wildman–Crippen LogP) is 11.1. The first kappa shape index (κ1) is 22.9. The molecule has 0 N–H and O–H groups in total. The van der Waals surface area contributed by atoms with Crippen molar-refractivity contribution < 1.29 is 4.42 Å². The number of rotatable bonds is 2. The van der Waals surface area contributed by atoms with E-state index >= 15 is 0 Å². The number of hydrogen-bond acceptors (Lipinski definition) is 1. The van der Waals surface area contributed by atoms with Crippen molar-refractivity contribution in [1.29, 1.82) is 0 Å². The first-order valence-corrected chi connectivity index (χ1v) is 14.7. The van der Waals surface area contributed by atoms with Crippen molar-refractivity contribution in [3.8, 4) is 22.3 Å². The number of hydrogen-bond donors (Lipinski definition) is 0. The smallest absolute Gasteiger partial charge is 0.136 e. The van der Waals surface area contributed by atoms with Gasteiger partial charge in [-0.3, -0.25) is 0 Å². The largest absolute Gasteiger partial charge is 0.456 e. The molecule has 7 aromatic rings. The molecular weight excluding hydrogens is 496 g/mol. The Kier molecular flexibility index (Phi) is 4.92. The minimum atomic E-state index is 0.955. The summed E-state index contributed by atoms with van der Waals surface area (Å²) in [4.78, 5) is 0. The van der Waals surface area contributed by atoms with E-state index in [0.717, 1.165) is 36.8 Å². The second kappa shape index (κ2) is 8.81. The molecule has 0 radical (unpaired) electrons. The molecule has 0 unspecified atom stereocenters. The van der Waals surface area contributed by atoms with Crippen LogP contribution >= 0.6 is 0 Å². The zero-order chi connectivity index (χ0) is 26.9. The van der Waals surface area contributed by atoms with Gasteiger partial charge in [0, 0.05) is 10.8 Å². The third-order valence-corrected chi connectivity index (χ3v) is 9.19. The first-order valence-electron chi connectivity index (χ1n) is 14.7. The minimum absolute atomic E-state index is 0.955. The molecule has 0 aliphatic heterocycles. The van der Waals surface area contributed by atoms with Gasteiger partial charge in [0.05, 0.1) is 0 Å². The summed E-state index contributed by atoms with van der Waals surface area (Å²) in [6.45, 7) is 0. The van der Waals surface area contributed by atoms with E-state index < -0.39 is 0 Å². The molecule has 1 aromatic heterocycles. The van der Waals surface area contributed by atoms with Gasteiger partial charge in [-0.1, -0.05) is 103 Å². The molecule has 9 rings (SSSR count). The van der Waals surface area contributed by atoms with E-state index in [1.54, 1.807) is 0 Å². The molecule has 0 fully saturated rings. The lowest BCUT2D eigenvalue weighted by molar-refractivity contribution is 0.669. The van der Waals surface area contributed by atoms with Gasteiger partial charge in [0.15, 0.2) is 0 Å². The third kappa shape index (κ3) is 3.30. The number of para-hydroxylation sites is 1.